The Kier molecular flexibility index (Phi) is 15.2. The minimum Gasteiger partial charge on any atom is -0.462 e. The summed E-state index contributed by atoms with van der Waals surface area (Å²) in [6.45, 7) is 4.26. The van der Waals surface area contributed by atoms with Crippen molar-refractivity contribution in [1.82, 2.24) is 0 Å². The van der Waals surface area contributed by atoms with Crippen molar-refractivity contribution in [3.05, 3.63) is 23.5 Å². The van der Waals surface area contributed by atoms with E-state index in [9.17, 15) is 9.59 Å². The molecular weight excluding hydrogens is 332 g/mol. The molecule has 0 aromatic heterocycles. The third-order valence-corrected chi connectivity index (χ3v) is 3.72. The molecule has 0 aliphatic rings. The first kappa shape index (κ1) is 24.0. The molecule has 0 radical (unpaired) electrons. The SMILES string of the molecule is CC(N)=CC(=O)OCCCCCCCCCCCCOC(=O)C=C(C)N. The fraction of sp³-hybridized carbons (Fsp3) is 0.700. The van der Waals surface area contributed by atoms with E-state index >= 15 is 0 Å². The first-order valence-electron chi connectivity index (χ1n) is 9.63. The molecule has 6 heteroatoms. The van der Waals surface area contributed by atoms with E-state index in [1.807, 2.05) is 0 Å². The highest BCUT2D eigenvalue weighted by Crippen LogP contribution is 2.11. The highest BCUT2D eigenvalue weighted by atomic mass is 16.5. The third kappa shape index (κ3) is 18.4. The summed E-state index contributed by atoms with van der Waals surface area (Å²) < 4.78 is 10.1. The average Bonchev–Trinajstić information content (AvgIpc) is 2.53. The van der Waals surface area contributed by atoms with Crippen molar-refractivity contribution in [1.29, 1.82) is 0 Å². The number of hydrogen-bond acceptors (Lipinski definition) is 6. The van der Waals surface area contributed by atoms with Crippen molar-refractivity contribution in [3.63, 3.8) is 0 Å². The van der Waals surface area contributed by atoms with Crippen LogP contribution < -0.4 is 11.5 Å². The van der Waals surface area contributed by atoms with Gasteiger partial charge in [-0.3, -0.25) is 0 Å². The highest BCUT2D eigenvalue weighted by molar-refractivity contribution is 5.82. The van der Waals surface area contributed by atoms with Gasteiger partial charge in [-0.15, -0.1) is 0 Å². The minimum atomic E-state index is -0.356. The van der Waals surface area contributed by atoms with Gasteiger partial charge < -0.3 is 20.9 Å². The fourth-order valence-electron chi connectivity index (χ4n) is 2.42. The van der Waals surface area contributed by atoms with Gasteiger partial charge in [-0.25, -0.2) is 9.59 Å². The molecule has 0 aromatic carbocycles. The van der Waals surface area contributed by atoms with Crippen LogP contribution in [-0.2, 0) is 19.1 Å². The van der Waals surface area contributed by atoms with E-state index in [-0.39, 0.29) is 11.9 Å². The van der Waals surface area contributed by atoms with Gasteiger partial charge in [-0.2, -0.15) is 0 Å². The van der Waals surface area contributed by atoms with E-state index in [1.54, 1.807) is 13.8 Å². The summed E-state index contributed by atoms with van der Waals surface area (Å²) in [5.74, 6) is -0.712. The molecule has 0 aliphatic heterocycles. The van der Waals surface area contributed by atoms with Crippen molar-refractivity contribution >= 4 is 11.9 Å². The molecule has 0 atom stereocenters. The lowest BCUT2D eigenvalue weighted by Gasteiger charge is -2.04. The van der Waals surface area contributed by atoms with Gasteiger partial charge in [0.05, 0.1) is 13.2 Å². The number of allylic oxidation sites excluding steroid dienone is 2. The van der Waals surface area contributed by atoms with Gasteiger partial charge in [0.15, 0.2) is 0 Å². The van der Waals surface area contributed by atoms with Crippen LogP contribution in [-0.4, -0.2) is 25.2 Å². The largest absolute Gasteiger partial charge is 0.462 e. The van der Waals surface area contributed by atoms with Crippen molar-refractivity contribution in [2.75, 3.05) is 13.2 Å². The summed E-state index contributed by atoms with van der Waals surface area (Å²) in [6.07, 6.45) is 13.9. The highest BCUT2D eigenvalue weighted by Gasteiger charge is 1.99. The Bertz CT molecular complexity index is 409. The Morgan fingerprint density at radius 3 is 1.15 bits per heavy atom. The molecule has 0 saturated carbocycles. The zero-order chi connectivity index (χ0) is 19.6. The first-order valence-corrected chi connectivity index (χ1v) is 9.63. The van der Waals surface area contributed by atoms with Crippen LogP contribution in [0.15, 0.2) is 23.5 Å². The first-order chi connectivity index (χ1) is 12.4. The second kappa shape index (κ2) is 16.5. The predicted octanol–water partition coefficient (Wildman–Crippen LogP) is 3.70. The van der Waals surface area contributed by atoms with Crippen molar-refractivity contribution < 1.29 is 19.1 Å². The average molecular weight is 369 g/mol. The molecule has 6 nitrogen and oxygen atoms in total. The van der Waals surface area contributed by atoms with E-state index in [1.165, 1.54) is 50.7 Å². The summed E-state index contributed by atoms with van der Waals surface area (Å²) in [5.41, 5.74) is 11.7. The van der Waals surface area contributed by atoms with Gasteiger partial charge in [0.2, 0.25) is 0 Å². The molecule has 0 heterocycles. The second-order valence-corrected chi connectivity index (χ2v) is 6.65. The second-order valence-electron chi connectivity index (χ2n) is 6.65. The quantitative estimate of drug-likeness (QED) is 0.259. The standard InChI is InChI=1S/C20H36N2O4/c1-17(21)15-19(23)25-13-11-9-7-5-3-4-6-8-10-12-14-26-20(24)16-18(2)22/h15-16H,3-14,21-22H2,1-2H3. The van der Waals surface area contributed by atoms with Crippen molar-refractivity contribution in [3.8, 4) is 0 Å². The Morgan fingerprint density at radius 1 is 0.615 bits per heavy atom. The van der Waals surface area contributed by atoms with E-state index < -0.39 is 0 Å². The molecule has 0 saturated heterocycles. The summed E-state index contributed by atoms with van der Waals surface area (Å²) in [6, 6.07) is 0. The molecule has 0 amide bonds. The van der Waals surface area contributed by atoms with Gasteiger partial charge in [0.1, 0.15) is 0 Å². The van der Waals surface area contributed by atoms with Crippen LogP contribution in [0.3, 0.4) is 0 Å². The summed E-state index contributed by atoms with van der Waals surface area (Å²) in [5, 5.41) is 0. The molecule has 0 spiro atoms. The topological polar surface area (TPSA) is 105 Å². The van der Waals surface area contributed by atoms with Crippen LogP contribution >= 0.6 is 0 Å². The maximum Gasteiger partial charge on any atom is 0.332 e. The van der Waals surface area contributed by atoms with E-state index in [4.69, 9.17) is 20.9 Å². The number of carbonyl (C=O) groups is 2. The van der Waals surface area contributed by atoms with Crippen molar-refractivity contribution in [2.45, 2.75) is 78.1 Å². The third-order valence-electron chi connectivity index (χ3n) is 3.72. The van der Waals surface area contributed by atoms with Crippen LogP contribution in [0.5, 0.6) is 0 Å². The maximum absolute atomic E-state index is 11.2. The minimum absolute atomic E-state index is 0.356. The monoisotopic (exact) mass is 368 g/mol. The van der Waals surface area contributed by atoms with Gasteiger partial charge in [0, 0.05) is 23.5 Å². The lowest BCUT2D eigenvalue weighted by molar-refractivity contribution is -0.138. The lowest BCUT2D eigenvalue weighted by atomic mass is 10.1. The summed E-state index contributed by atoms with van der Waals surface area (Å²) >= 11 is 0. The molecule has 0 rings (SSSR count). The van der Waals surface area contributed by atoms with Gasteiger partial charge in [0.25, 0.3) is 0 Å². The summed E-state index contributed by atoms with van der Waals surface area (Å²) in [7, 11) is 0. The zero-order valence-electron chi connectivity index (χ0n) is 16.4. The van der Waals surface area contributed by atoms with Crippen LogP contribution in [0.2, 0.25) is 0 Å². The molecule has 0 bridgehead atoms. The van der Waals surface area contributed by atoms with Gasteiger partial charge >= 0.3 is 11.9 Å². The number of unbranched alkanes of at least 4 members (excludes halogenated alkanes) is 9. The van der Waals surface area contributed by atoms with E-state index in [0.29, 0.717) is 24.6 Å². The van der Waals surface area contributed by atoms with Crippen molar-refractivity contribution in [2.24, 2.45) is 11.5 Å². The number of nitrogens with two attached hydrogens (primary N) is 2. The number of hydrogen-bond donors (Lipinski definition) is 2. The molecule has 26 heavy (non-hydrogen) atoms. The Labute approximate surface area is 158 Å². The smallest absolute Gasteiger partial charge is 0.332 e. The molecular formula is C20H36N2O4. The number of ether oxygens (including phenoxy) is 2. The molecule has 0 aromatic rings. The zero-order valence-corrected chi connectivity index (χ0v) is 16.4. The van der Waals surface area contributed by atoms with Crippen LogP contribution in [0, 0.1) is 0 Å². The van der Waals surface area contributed by atoms with Gasteiger partial charge in [-0.05, 0) is 26.7 Å². The van der Waals surface area contributed by atoms with E-state index in [0.717, 1.165) is 25.7 Å². The Balaban J connectivity index is 3.25. The van der Waals surface area contributed by atoms with Crippen LogP contribution in [0.1, 0.15) is 78.1 Å². The number of rotatable bonds is 15. The lowest BCUT2D eigenvalue weighted by Crippen LogP contribution is -2.05. The fourth-order valence-corrected chi connectivity index (χ4v) is 2.42. The number of esters is 2. The van der Waals surface area contributed by atoms with Crippen LogP contribution in [0.25, 0.3) is 0 Å². The van der Waals surface area contributed by atoms with Gasteiger partial charge in [-0.1, -0.05) is 51.4 Å². The molecule has 0 unspecified atom stereocenters. The maximum atomic E-state index is 11.2. The normalized spacial score (nSPS) is 12.1. The molecule has 0 fully saturated rings. The Morgan fingerprint density at radius 2 is 0.885 bits per heavy atom. The Hall–Kier alpha value is -1.98. The molecule has 0 aliphatic carbocycles. The van der Waals surface area contributed by atoms with Crippen LogP contribution in [0.4, 0.5) is 0 Å². The molecule has 4 N–H and O–H groups in total. The number of carbonyl (C=O) groups excluding carboxylic acids is 2. The van der Waals surface area contributed by atoms with E-state index in [2.05, 4.69) is 0 Å². The summed E-state index contributed by atoms with van der Waals surface area (Å²) in [4.78, 5) is 22.4. The predicted molar refractivity (Wildman–Crippen MR) is 104 cm³/mol. The molecule has 150 valence electrons.